The van der Waals surface area contributed by atoms with Gasteiger partial charge < -0.3 is 9.47 Å². The van der Waals surface area contributed by atoms with Crippen molar-refractivity contribution in [3.63, 3.8) is 0 Å². The van der Waals surface area contributed by atoms with Crippen LogP contribution in [0, 0.1) is 5.41 Å². The van der Waals surface area contributed by atoms with E-state index >= 15 is 0 Å². The first-order valence-corrected chi connectivity index (χ1v) is 8.08. The minimum atomic E-state index is -0.970. The Balaban J connectivity index is 3.68. The lowest BCUT2D eigenvalue weighted by molar-refractivity contribution is -0.155. The van der Waals surface area contributed by atoms with E-state index in [1.165, 1.54) is 25.4 Å². The number of hydrogen-bond donors (Lipinski definition) is 0. The Kier molecular flexibility index (Phi) is 6.39. The first kappa shape index (κ1) is 18.5. The highest BCUT2D eigenvalue weighted by Crippen LogP contribution is 2.54. The zero-order chi connectivity index (χ0) is 16.9. The monoisotopic (exact) mass is 308 g/mol. The van der Waals surface area contributed by atoms with E-state index in [-0.39, 0.29) is 18.4 Å². The summed E-state index contributed by atoms with van der Waals surface area (Å²) in [6, 6.07) is 0. The fraction of sp³-hybridized carbons (Fsp3) is 0.667. The summed E-state index contributed by atoms with van der Waals surface area (Å²) in [5.41, 5.74) is 3.52. The van der Waals surface area contributed by atoms with Crippen molar-refractivity contribution in [3.8, 4) is 0 Å². The largest absolute Gasteiger partial charge is 0.469 e. The minimum Gasteiger partial charge on any atom is -0.469 e. The van der Waals surface area contributed by atoms with Gasteiger partial charge in [-0.1, -0.05) is 27.7 Å². The van der Waals surface area contributed by atoms with Crippen LogP contribution in [-0.2, 0) is 19.1 Å². The topological polar surface area (TPSA) is 52.6 Å². The van der Waals surface area contributed by atoms with Crippen LogP contribution in [0.15, 0.2) is 22.3 Å². The maximum atomic E-state index is 12.8. The van der Waals surface area contributed by atoms with E-state index in [9.17, 15) is 9.59 Å². The van der Waals surface area contributed by atoms with E-state index in [0.29, 0.717) is 0 Å². The van der Waals surface area contributed by atoms with Crippen molar-refractivity contribution >= 4 is 11.9 Å². The number of ether oxygens (including phenoxy) is 2. The number of carbonyl (C=O) groups excluding carboxylic acids is 2. The standard InChI is InChI=1S/C18H28O4/c1-7-12-13(8-2)15(10-4)18(14(12)9-3,17(20)22-6)11-16(19)21-5/h7-11H2,1-6H3. The van der Waals surface area contributed by atoms with Crippen molar-refractivity contribution in [2.45, 2.75) is 59.8 Å². The number of hydrogen-bond acceptors (Lipinski definition) is 4. The molecular weight excluding hydrogens is 280 g/mol. The molecule has 0 unspecified atom stereocenters. The van der Waals surface area contributed by atoms with Gasteiger partial charge in [0, 0.05) is 0 Å². The van der Waals surface area contributed by atoms with Gasteiger partial charge in [-0.05, 0) is 48.0 Å². The van der Waals surface area contributed by atoms with Gasteiger partial charge in [-0.3, -0.25) is 9.59 Å². The molecule has 0 amide bonds. The van der Waals surface area contributed by atoms with Crippen molar-refractivity contribution in [3.05, 3.63) is 22.3 Å². The summed E-state index contributed by atoms with van der Waals surface area (Å²) in [6.45, 7) is 8.26. The highest BCUT2D eigenvalue weighted by atomic mass is 16.5. The zero-order valence-electron chi connectivity index (χ0n) is 14.7. The number of esters is 2. The Bertz CT molecular complexity index is 483. The molecule has 0 radical (unpaired) electrons. The molecular formula is C18H28O4. The molecule has 4 nitrogen and oxygen atoms in total. The van der Waals surface area contributed by atoms with Crippen molar-refractivity contribution in [2.75, 3.05) is 14.2 Å². The summed E-state index contributed by atoms with van der Waals surface area (Å²) in [6.07, 6.45) is 3.19. The van der Waals surface area contributed by atoms with Gasteiger partial charge in [0.05, 0.1) is 20.6 Å². The summed E-state index contributed by atoms with van der Waals surface area (Å²) in [5.74, 6) is -0.726. The van der Waals surface area contributed by atoms with Crippen molar-refractivity contribution in [1.29, 1.82) is 0 Å². The lowest BCUT2D eigenvalue weighted by Gasteiger charge is -2.32. The summed E-state index contributed by atoms with van der Waals surface area (Å²) in [5, 5.41) is 0. The molecule has 0 aromatic carbocycles. The predicted molar refractivity (Wildman–Crippen MR) is 86.3 cm³/mol. The van der Waals surface area contributed by atoms with Crippen LogP contribution in [-0.4, -0.2) is 26.2 Å². The Labute approximate surface area is 133 Å². The van der Waals surface area contributed by atoms with Crippen LogP contribution >= 0.6 is 0 Å². The molecule has 0 saturated carbocycles. The van der Waals surface area contributed by atoms with Crippen LogP contribution in [0.5, 0.6) is 0 Å². The van der Waals surface area contributed by atoms with E-state index < -0.39 is 5.41 Å². The average Bonchev–Trinajstić information content (AvgIpc) is 2.82. The molecule has 4 heteroatoms. The zero-order valence-corrected chi connectivity index (χ0v) is 14.7. The Morgan fingerprint density at radius 3 is 1.55 bits per heavy atom. The maximum absolute atomic E-state index is 12.8. The van der Waals surface area contributed by atoms with Gasteiger partial charge in [0.25, 0.3) is 0 Å². The third kappa shape index (κ3) is 2.71. The summed E-state index contributed by atoms with van der Waals surface area (Å²) in [7, 11) is 2.74. The van der Waals surface area contributed by atoms with Gasteiger partial charge in [-0.15, -0.1) is 0 Å². The number of carbonyl (C=O) groups is 2. The van der Waals surface area contributed by atoms with Gasteiger partial charge >= 0.3 is 11.9 Å². The molecule has 0 saturated heterocycles. The predicted octanol–water partition coefficient (Wildman–Crippen LogP) is 3.96. The van der Waals surface area contributed by atoms with Gasteiger partial charge in [0.1, 0.15) is 5.41 Å². The molecule has 0 aromatic rings. The third-order valence-corrected chi connectivity index (χ3v) is 4.71. The lowest BCUT2D eigenvalue weighted by atomic mass is 9.71. The molecule has 124 valence electrons. The second kappa shape index (κ2) is 7.61. The smallest absolute Gasteiger partial charge is 0.320 e. The van der Waals surface area contributed by atoms with Gasteiger partial charge in [-0.25, -0.2) is 0 Å². The molecule has 0 spiro atoms. The van der Waals surface area contributed by atoms with Crippen LogP contribution in [0.25, 0.3) is 0 Å². The molecule has 0 fully saturated rings. The van der Waals surface area contributed by atoms with Gasteiger partial charge in [0.15, 0.2) is 0 Å². The van der Waals surface area contributed by atoms with E-state index in [1.54, 1.807) is 0 Å². The second-order valence-corrected chi connectivity index (χ2v) is 5.48. The Hall–Kier alpha value is -1.58. The maximum Gasteiger partial charge on any atom is 0.320 e. The molecule has 1 aliphatic carbocycles. The second-order valence-electron chi connectivity index (χ2n) is 5.48. The van der Waals surface area contributed by atoms with Crippen LogP contribution in [0.4, 0.5) is 0 Å². The van der Waals surface area contributed by atoms with Gasteiger partial charge in [0.2, 0.25) is 0 Å². The first-order chi connectivity index (χ1) is 10.5. The fourth-order valence-electron chi connectivity index (χ4n) is 3.94. The van der Waals surface area contributed by atoms with E-state index in [1.807, 2.05) is 13.8 Å². The molecule has 0 aromatic heterocycles. The average molecular weight is 308 g/mol. The summed E-state index contributed by atoms with van der Waals surface area (Å²) >= 11 is 0. The van der Waals surface area contributed by atoms with Crippen LogP contribution < -0.4 is 0 Å². The molecule has 22 heavy (non-hydrogen) atoms. The Morgan fingerprint density at radius 2 is 1.27 bits per heavy atom. The highest BCUT2D eigenvalue weighted by molar-refractivity contribution is 5.92. The molecule has 1 aliphatic rings. The number of methoxy groups -OCH3 is 2. The van der Waals surface area contributed by atoms with Crippen LogP contribution in [0.2, 0.25) is 0 Å². The third-order valence-electron chi connectivity index (χ3n) is 4.71. The Morgan fingerprint density at radius 1 is 0.818 bits per heavy atom. The lowest BCUT2D eigenvalue weighted by Crippen LogP contribution is -2.37. The van der Waals surface area contributed by atoms with Crippen molar-refractivity contribution in [1.82, 2.24) is 0 Å². The van der Waals surface area contributed by atoms with E-state index in [4.69, 9.17) is 9.47 Å². The summed E-state index contributed by atoms with van der Waals surface area (Å²) in [4.78, 5) is 24.8. The quantitative estimate of drug-likeness (QED) is 0.668. The molecule has 0 heterocycles. The minimum absolute atomic E-state index is 0.0233. The molecule has 0 atom stereocenters. The molecule has 0 N–H and O–H groups in total. The van der Waals surface area contributed by atoms with Gasteiger partial charge in [-0.2, -0.15) is 0 Å². The van der Waals surface area contributed by atoms with E-state index in [0.717, 1.165) is 36.8 Å². The summed E-state index contributed by atoms with van der Waals surface area (Å²) < 4.78 is 9.98. The normalized spacial score (nSPS) is 17.0. The number of rotatable bonds is 7. The molecule has 0 aliphatic heterocycles. The van der Waals surface area contributed by atoms with Crippen LogP contribution in [0.3, 0.4) is 0 Å². The first-order valence-electron chi connectivity index (χ1n) is 8.08. The van der Waals surface area contributed by atoms with E-state index in [2.05, 4.69) is 13.8 Å². The van der Waals surface area contributed by atoms with Crippen LogP contribution in [0.1, 0.15) is 59.8 Å². The van der Waals surface area contributed by atoms with Crippen molar-refractivity contribution < 1.29 is 19.1 Å². The number of allylic oxidation sites excluding steroid dienone is 2. The molecule has 1 rings (SSSR count). The highest BCUT2D eigenvalue weighted by Gasteiger charge is 2.52. The SMILES string of the molecule is CCC1=C(CC)C(CC(=O)OC)(C(=O)OC)C(CC)=C1CC. The van der Waals surface area contributed by atoms with Crippen molar-refractivity contribution in [2.24, 2.45) is 5.41 Å². The fourth-order valence-corrected chi connectivity index (χ4v) is 3.94. The molecule has 0 bridgehead atoms.